The molecule has 1 amide bonds. The fourth-order valence-corrected chi connectivity index (χ4v) is 4.99. The molecule has 0 radical (unpaired) electrons. The van der Waals surface area contributed by atoms with Gasteiger partial charge in [0, 0.05) is 26.9 Å². The summed E-state index contributed by atoms with van der Waals surface area (Å²) in [4.78, 5) is 36.4. The van der Waals surface area contributed by atoms with Crippen LogP contribution in [0.5, 0.6) is 0 Å². The van der Waals surface area contributed by atoms with E-state index in [2.05, 4.69) is 51.9 Å². The molecular formula is C28H20Br2N6O3. The van der Waals surface area contributed by atoms with Crippen LogP contribution in [0.25, 0.3) is 16.7 Å². The van der Waals surface area contributed by atoms with Crippen LogP contribution in [0, 0.1) is 0 Å². The zero-order chi connectivity index (χ0) is 27.5. The van der Waals surface area contributed by atoms with E-state index in [1.165, 1.54) is 7.11 Å². The predicted molar refractivity (Wildman–Crippen MR) is 154 cm³/mol. The van der Waals surface area contributed by atoms with Gasteiger partial charge in [0.25, 0.3) is 5.91 Å². The van der Waals surface area contributed by atoms with Gasteiger partial charge in [-0.1, -0.05) is 50.1 Å². The molecule has 0 bridgehead atoms. The Morgan fingerprint density at radius 2 is 1.64 bits per heavy atom. The Kier molecular flexibility index (Phi) is 7.62. The minimum Gasteiger partial charge on any atom is -0.464 e. The second-order valence-electron chi connectivity index (χ2n) is 8.34. The highest BCUT2D eigenvalue weighted by molar-refractivity contribution is 9.10. The Labute approximate surface area is 240 Å². The lowest BCUT2D eigenvalue weighted by Gasteiger charge is -2.08. The van der Waals surface area contributed by atoms with Gasteiger partial charge in [0.1, 0.15) is 6.04 Å². The normalized spacial score (nSPS) is 13.7. The Morgan fingerprint density at radius 1 is 0.923 bits per heavy atom. The van der Waals surface area contributed by atoms with Crippen LogP contribution in [-0.4, -0.2) is 44.4 Å². The lowest BCUT2D eigenvalue weighted by molar-refractivity contribution is -0.132. The minimum absolute atomic E-state index is 0.225. The first-order valence-corrected chi connectivity index (χ1v) is 13.2. The molecule has 3 aromatic heterocycles. The van der Waals surface area contributed by atoms with Crippen molar-refractivity contribution in [2.45, 2.75) is 6.04 Å². The molecule has 0 saturated carbocycles. The average molecular weight is 648 g/mol. The number of methoxy groups -OCH3 is 1. The van der Waals surface area contributed by atoms with Gasteiger partial charge in [0.15, 0.2) is 17.1 Å². The van der Waals surface area contributed by atoms with E-state index >= 15 is 0 Å². The van der Waals surface area contributed by atoms with Crippen molar-refractivity contribution in [3.05, 3.63) is 117 Å². The zero-order valence-corrected chi connectivity index (χ0v) is 23.6. The highest BCUT2D eigenvalue weighted by Crippen LogP contribution is 2.34. The zero-order valence-electron chi connectivity index (χ0n) is 20.5. The van der Waals surface area contributed by atoms with Crippen molar-refractivity contribution in [1.29, 1.82) is 0 Å². The van der Waals surface area contributed by atoms with E-state index in [1.54, 1.807) is 35.3 Å². The summed E-state index contributed by atoms with van der Waals surface area (Å²) in [6, 6.07) is 22.3. The van der Waals surface area contributed by atoms with Gasteiger partial charge in [0.2, 0.25) is 0 Å². The molecule has 2 aromatic carbocycles. The number of pyridine rings is 2. The number of ether oxygens (including phenoxy) is 1. The van der Waals surface area contributed by atoms with Gasteiger partial charge in [-0.05, 0) is 60.2 Å². The van der Waals surface area contributed by atoms with Gasteiger partial charge >= 0.3 is 5.97 Å². The molecule has 1 aliphatic rings. The highest BCUT2D eigenvalue weighted by atomic mass is 79.9. The van der Waals surface area contributed by atoms with E-state index in [9.17, 15) is 9.59 Å². The number of carbonyl (C=O) groups excluding carboxylic acids is 2. The first kappa shape index (κ1) is 26.4. The van der Waals surface area contributed by atoms with Crippen LogP contribution in [0.3, 0.4) is 0 Å². The average Bonchev–Trinajstić information content (AvgIpc) is 3.53. The fourth-order valence-electron chi connectivity index (χ4n) is 4.19. The highest BCUT2D eigenvalue weighted by Gasteiger charge is 2.31. The van der Waals surface area contributed by atoms with Gasteiger partial charge in [-0.25, -0.2) is 14.5 Å². The lowest BCUT2D eigenvalue weighted by atomic mass is 10.0. The molecular weight excluding hydrogens is 628 g/mol. The van der Waals surface area contributed by atoms with Gasteiger partial charge in [-0.15, -0.1) is 0 Å². The topological polar surface area (TPSA) is 125 Å². The van der Waals surface area contributed by atoms with Gasteiger partial charge in [-0.2, -0.15) is 5.10 Å². The van der Waals surface area contributed by atoms with E-state index in [0.29, 0.717) is 16.7 Å². The van der Waals surface area contributed by atoms with Crippen molar-refractivity contribution in [2.75, 3.05) is 7.11 Å². The molecule has 194 valence electrons. The van der Waals surface area contributed by atoms with E-state index in [1.807, 2.05) is 54.6 Å². The van der Waals surface area contributed by atoms with Crippen LogP contribution in [0.1, 0.15) is 33.4 Å². The number of nitrogens with zero attached hydrogens (tertiary/aromatic N) is 5. The molecule has 0 fully saturated rings. The van der Waals surface area contributed by atoms with Crippen LogP contribution >= 0.6 is 31.9 Å². The first-order valence-electron chi connectivity index (χ1n) is 11.6. The molecule has 0 spiro atoms. The lowest BCUT2D eigenvalue weighted by Crippen LogP contribution is -2.15. The minimum atomic E-state index is -0.563. The van der Waals surface area contributed by atoms with E-state index in [4.69, 9.17) is 10.5 Å². The molecule has 2 N–H and O–H groups in total. The summed E-state index contributed by atoms with van der Waals surface area (Å²) in [7, 11) is 1.35. The molecule has 4 heterocycles. The Balaban J connectivity index is 0.000000158. The molecule has 1 atom stereocenters. The molecule has 11 heteroatoms. The monoisotopic (exact) mass is 646 g/mol. The molecule has 1 aliphatic heterocycles. The Hall–Kier alpha value is -4.22. The summed E-state index contributed by atoms with van der Waals surface area (Å²) < 4.78 is 8.29. The number of hydrogen-bond donors (Lipinski definition) is 1. The molecule has 6 rings (SSSR count). The van der Waals surface area contributed by atoms with Crippen LogP contribution in [0.15, 0.2) is 99.1 Å². The van der Waals surface area contributed by atoms with Crippen molar-refractivity contribution >= 4 is 60.5 Å². The first-order chi connectivity index (χ1) is 18.9. The van der Waals surface area contributed by atoms with Crippen LogP contribution in [-0.2, 0) is 9.53 Å². The maximum Gasteiger partial charge on any atom is 0.356 e. The number of aliphatic imine (C=N–C) groups is 1. The number of esters is 1. The maximum atomic E-state index is 11.8. The quantitative estimate of drug-likeness (QED) is 0.268. The Bertz CT molecular complexity index is 1750. The number of nitrogens with two attached hydrogens (primary N) is 1. The number of aromatic nitrogens is 4. The fraction of sp³-hybridized carbons (Fsp3) is 0.0714. The van der Waals surface area contributed by atoms with Crippen molar-refractivity contribution in [2.24, 2.45) is 10.7 Å². The van der Waals surface area contributed by atoms with Crippen LogP contribution < -0.4 is 5.73 Å². The van der Waals surface area contributed by atoms with Gasteiger partial charge in [0.05, 0.1) is 23.9 Å². The standard InChI is InChI=1S/C15H11BrN2O2.C13H9BrN4O/c1-20-15(19)14-11-6-3-7-17-13(11)12(18-14)9-4-2-5-10(16)8-9;14-8-3-1-4-9(7-8)18-13-10(5-2-6-16-13)11(17-18)12(15)19/h2-8,12H,1H3;1-7H,(H2,15,19). The van der Waals surface area contributed by atoms with Gasteiger partial charge in [-0.3, -0.25) is 14.8 Å². The van der Waals surface area contributed by atoms with Crippen LogP contribution in [0.4, 0.5) is 0 Å². The van der Waals surface area contributed by atoms with Crippen molar-refractivity contribution in [3.8, 4) is 5.69 Å². The predicted octanol–water partition coefficient (Wildman–Crippen LogP) is 5.19. The summed E-state index contributed by atoms with van der Waals surface area (Å²) in [5, 5.41) is 4.91. The number of amides is 1. The largest absolute Gasteiger partial charge is 0.464 e. The molecule has 9 nitrogen and oxygen atoms in total. The maximum absolute atomic E-state index is 11.8. The summed E-state index contributed by atoms with van der Waals surface area (Å²) in [6.45, 7) is 0. The molecule has 5 aromatic rings. The number of hydrogen-bond acceptors (Lipinski definition) is 7. The van der Waals surface area contributed by atoms with Gasteiger partial charge < -0.3 is 10.5 Å². The third-order valence-electron chi connectivity index (χ3n) is 5.88. The third kappa shape index (κ3) is 5.36. The second-order valence-corrected chi connectivity index (χ2v) is 10.2. The van der Waals surface area contributed by atoms with Crippen LogP contribution in [0.2, 0.25) is 0 Å². The number of primary amides is 1. The molecule has 39 heavy (non-hydrogen) atoms. The smallest absolute Gasteiger partial charge is 0.356 e. The molecule has 0 saturated heterocycles. The summed E-state index contributed by atoms with van der Waals surface area (Å²) >= 11 is 6.85. The van der Waals surface area contributed by atoms with Crippen molar-refractivity contribution in [1.82, 2.24) is 19.7 Å². The second kappa shape index (κ2) is 11.3. The number of halogens is 2. The van der Waals surface area contributed by atoms with E-state index in [-0.39, 0.29) is 11.7 Å². The number of carbonyl (C=O) groups is 2. The molecule has 1 unspecified atom stereocenters. The molecule has 0 aliphatic carbocycles. The van der Waals surface area contributed by atoms with Crippen molar-refractivity contribution < 1.29 is 14.3 Å². The van der Waals surface area contributed by atoms with Crippen molar-refractivity contribution in [3.63, 3.8) is 0 Å². The van der Waals surface area contributed by atoms with E-state index in [0.717, 1.165) is 31.5 Å². The summed E-state index contributed by atoms with van der Waals surface area (Å²) in [6.07, 6.45) is 3.36. The Morgan fingerprint density at radius 3 is 2.36 bits per heavy atom. The summed E-state index contributed by atoms with van der Waals surface area (Å²) in [5.41, 5.74) is 9.83. The van der Waals surface area contributed by atoms with E-state index < -0.39 is 11.9 Å². The number of rotatable bonds is 4. The third-order valence-corrected chi connectivity index (χ3v) is 6.87. The number of fused-ring (bicyclic) bond motifs is 2. The summed E-state index contributed by atoms with van der Waals surface area (Å²) in [5.74, 6) is -0.997. The SMILES string of the molecule is COC(=O)C1=NC(c2cccc(Br)c2)c2ncccc21.NC(=O)c1nn(-c2cccc(Br)c2)c2ncccc12. The number of benzene rings is 2.